The van der Waals surface area contributed by atoms with E-state index in [1.54, 1.807) is 0 Å². The van der Waals surface area contributed by atoms with Crippen molar-refractivity contribution in [1.82, 2.24) is 5.32 Å². The third-order valence-electron chi connectivity index (χ3n) is 3.47. The van der Waals surface area contributed by atoms with Crippen molar-refractivity contribution in [3.8, 4) is 11.5 Å². The van der Waals surface area contributed by atoms with Crippen LogP contribution in [0.25, 0.3) is 0 Å². The summed E-state index contributed by atoms with van der Waals surface area (Å²) in [6.07, 6.45) is 1.17. The van der Waals surface area contributed by atoms with Crippen LogP contribution in [-0.4, -0.2) is 25.2 Å². The van der Waals surface area contributed by atoms with E-state index in [0.717, 1.165) is 23.5 Å². The molecule has 1 aromatic rings. The number of hydrogen-bond acceptors (Lipinski definition) is 5. The minimum atomic E-state index is 0.0753. The van der Waals surface area contributed by atoms with E-state index in [2.05, 4.69) is 29.4 Å². The Kier molecular flexibility index (Phi) is 2.97. The molecular weight excluding hydrogens is 242 g/mol. The molecule has 2 atom stereocenters. The van der Waals surface area contributed by atoms with E-state index >= 15 is 0 Å². The van der Waals surface area contributed by atoms with Crippen LogP contribution in [0.3, 0.4) is 0 Å². The van der Waals surface area contributed by atoms with E-state index in [1.165, 1.54) is 5.56 Å². The number of rotatable bonds is 3. The fourth-order valence-electron chi connectivity index (χ4n) is 2.64. The van der Waals surface area contributed by atoms with Gasteiger partial charge in [-0.15, -0.1) is 0 Å². The topological polar surface area (TPSA) is 68.9 Å². The summed E-state index contributed by atoms with van der Waals surface area (Å²) >= 11 is 0. The highest BCUT2D eigenvalue weighted by Gasteiger charge is 2.26. The predicted octanol–water partition coefficient (Wildman–Crippen LogP) is 1.37. The van der Waals surface area contributed by atoms with Crippen molar-refractivity contribution in [2.45, 2.75) is 32.4 Å². The van der Waals surface area contributed by atoms with E-state index in [0.29, 0.717) is 19.1 Å². The van der Waals surface area contributed by atoms with Crippen molar-refractivity contribution in [2.75, 3.05) is 13.2 Å². The minimum Gasteiger partial charge on any atom is -0.493 e. The summed E-state index contributed by atoms with van der Waals surface area (Å²) in [5.74, 6) is 2.35. The number of nitrogens with one attached hydrogen (secondary N) is 1. The first kappa shape index (κ1) is 12.1. The molecule has 0 aliphatic carbocycles. The number of benzene rings is 1. The van der Waals surface area contributed by atoms with Gasteiger partial charge in [-0.3, -0.25) is 4.99 Å². The van der Waals surface area contributed by atoms with Gasteiger partial charge in [0.1, 0.15) is 17.6 Å². The summed E-state index contributed by atoms with van der Waals surface area (Å²) in [6, 6.07) is 4.23. The van der Waals surface area contributed by atoms with Gasteiger partial charge in [-0.25, -0.2) is 0 Å². The lowest BCUT2D eigenvalue weighted by molar-refractivity contribution is 0.254. The standard InChI is InChI=1S/C14H19N3O2/c1-3-18-13-5-9-4-8(2)19-12(9)6-10(13)11-7-16-14(15)17-11/h5-6,8,11H,3-4,7H2,1-2H3,(H3,15,16,17). The maximum Gasteiger partial charge on any atom is 0.189 e. The zero-order valence-electron chi connectivity index (χ0n) is 11.3. The van der Waals surface area contributed by atoms with Crippen LogP contribution in [0.15, 0.2) is 17.1 Å². The Hall–Kier alpha value is -1.91. The van der Waals surface area contributed by atoms with Crippen LogP contribution >= 0.6 is 0 Å². The minimum absolute atomic E-state index is 0.0753. The lowest BCUT2D eigenvalue weighted by atomic mass is 10.0. The second kappa shape index (κ2) is 4.64. The Balaban J connectivity index is 1.96. The molecule has 2 aliphatic rings. The first-order chi connectivity index (χ1) is 9.17. The second-order valence-corrected chi connectivity index (χ2v) is 4.99. The second-order valence-electron chi connectivity index (χ2n) is 4.99. The average Bonchev–Trinajstić information content (AvgIpc) is 2.93. The third kappa shape index (κ3) is 2.20. The molecule has 1 aromatic carbocycles. The van der Waals surface area contributed by atoms with Crippen molar-refractivity contribution >= 4 is 5.96 Å². The molecule has 0 amide bonds. The summed E-state index contributed by atoms with van der Waals surface area (Å²) in [6.45, 7) is 5.35. The molecule has 5 nitrogen and oxygen atoms in total. The highest BCUT2D eigenvalue weighted by Crippen LogP contribution is 2.38. The average molecular weight is 261 g/mol. The van der Waals surface area contributed by atoms with Crippen LogP contribution in [0.2, 0.25) is 0 Å². The highest BCUT2D eigenvalue weighted by atomic mass is 16.5. The molecule has 0 fully saturated rings. The van der Waals surface area contributed by atoms with Gasteiger partial charge in [0.05, 0.1) is 19.2 Å². The van der Waals surface area contributed by atoms with Gasteiger partial charge in [-0.1, -0.05) is 0 Å². The summed E-state index contributed by atoms with van der Waals surface area (Å²) in [5, 5.41) is 3.16. The number of guanidine groups is 1. The summed E-state index contributed by atoms with van der Waals surface area (Å²) in [5.41, 5.74) is 7.97. The zero-order valence-corrected chi connectivity index (χ0v) is 11.3. The van der Waals surface area contributed by atoms with Crippen LogP contribution in [0.5, 0.6) is 11.5 Å². The molecule has 0 spiro atoms. The molecule has 19 heavy (non-hydrogen) atoms. The van der Waals surface area contributed by atoms with Crippen LogP contribution in [0.4, 0.5) is 0 Å². The van der Waals surface area contributed by atoms with E-state index in [-0.39, 0.29) is 12.1 Å². The largest absolute Gasteiger partial charge is 0.493 e. The molecule has 3 N–H and O–H groups in total. The lowest BCUT2D eigenvalue weighted by Crippen LogP contribution is -2.29. The predicted molar refractivity (Wildman–Crippen MR) is 73.8 cm³/mol. The monoisotopic (exact) mass is 261 g/mol. The number of nitrogens with zero attached hydrogens (tertiary/aromatic N) is 1. The van der Waals surface area contributed by atoms with Gasteiger partial charge in [0, 0.05) is 17.5 Å². The van der Waals surface area contributed by atoms with E-state index in [4.69, 9.17) is 15.2 Å². The normalized spacial score (nSPS) is 24.4. The quantitative estimate of drug-likeness (QED) is 0.862. The smallest absolute Gasteiger partial charge is 0.189 e. The van der Waals surface area contributed by atoms with Crippen molar-refractivity contribution in [2.24, 2.45) is 10.7 Å². The van der Waals surface area contributed by atoms with Crippen molar-refractivity contribution < 1.29 is 9.47 Å². The molecule has 3 rings (SSSR count). The number of hydrogen-bond donors (Lipinski definition) is 2. The first-order valence-corrected chi connectivity index (χ1v) is 6.70. The maximum atomic E-state index is 5.81. The van der Waals surface area contributed by atoms with Crippen LogP contribution in [-0.2, 0) is 6.42 Å². The Morgan fingerprint density at radius 1 is 1.53 bits per heavy atom. The molecule has 102 valence electrons. The van der Waals surface area contributed by atoms with E-state index in [1.807, 2.05) is 6.92 Å². The molecule has 0 aromatic heterocycles. The van der Waals surface area contributed by atoms with Gasteiger partial charge in [0.2, 0.25) is 0 Å². The van der Waals surface area contributed by atoms with Crippen molar-refractivity contribution in [1.29, 1.82) is 0 Å². The maximum absolute atomic E-state index is 5.81. The number of nitrogens with two attached hydrogens (primary N) is 1. The summed E-state index contributed by atoms with van der Waals surface area (Å²) in [7, 11) is 0. The van der Waals surface area contributed by atoms with Gasteiger partial charge in [0.25, 0.3) is 0 Å². The number of aliphatic imine (C=N–C) groups is 1. The summed E-state index contributed by atoms with van der Waals surface area (Å²) < 4.78 is 11.6. The molecule has 2 aliphatic heterocycles. The van der Waals surface area contributed by atoms with Gasteiger partial charge < -0.3 is 20.5 Å². The Morgan fingerprint density at radius 2 is 2.37 bits per heavy atom. The fourth-order valence-corrected chi connectivity index (χ4v) is 2.64. The molecule has 0 radical (unpaired) electrons. The van der Waals surface area contributed by atoms with Gasteiger partial charge >= 0.3 is 0 Å². The van der Waals surface area contributed by atoms with E-state index in [9.17, 15) is 0 Å². The van der Waals surface area contributed by atoms with Crippen molar-refractivity contribution in [3.63, 3.8) is 0 Å². The molecular formula is C14H19N3O2. The highest BCUT2D eigenvalue weighted by molar-refractivity contribution is 5.80. The molecule has 2 unspecified atom stereocenters. The number of fused-ring (bicyclic) bond motifs is 1. The van der Waals surface area contributed by atoms with Crippen molar-refractivity contribution in [3.05, 3.63) is 23.3 Å². The van der Waals surface area contributed by atoms with Gasteiger partial charge in [0.15, 0.2) is 5.96 Å². The molecule has 2 heterocycles. The molecule has 5 heteroatoms. The van der Waals surface area contributed by atoms with E-state index < -0.39 is 0 Å². The Labute approximate surface area is 112 Å². The third-order valence-corrected chi connectivity index (χ3v) is 3.47. The Morgan fingerprint density at radius 3 is 3.05 bits per heavy atom. The van der Waals surface area contributed by atoms with Gasteiger partial charge in [-0.05, 0) is 26.0 Å². The first-order valence-electron chi connectivity index (χ1n) is 6.70. The molecule has 0 saturated carbocycles. The Bertz CT molecular complexity index is 528. The molecule has 0 saturated heterocycles. The fraction of sp³-hybridized carbons (Fsp3) is 0.500. The zero-order chi connectivity index (χ0) is 13.4. The summed E-state index contributed by atoms with van der Waals surface area (Å²) in [4.78, 5) is 4.19. The van der Waals surface area contributed by atoms with Crippen LogP contribution in [0.1, 0.15) is 31.0 Å². The van der Waals surface area contributed by atoms with Crippen LogP contribution in [0, 0.1) is 0 Å². The molecule has 0 bridgehead atoms. The SMILES string of the molecule is CCOc1cc2c(cc1C1CN=C(N)N1)OC(C)C2. The number of ether oxygens (including phenoxy) is 2. The lowest BCUT2D eigenvalue weighted by Gasteiger charge is -2.17. The van der Waals surface area contributed by atoms with Crippen LogP contribution < -0.4 is 20.5 Å². The van der Waals surface area contributed by atoms with Gasteiger partial charge in [-0.2, -0.15) is 0 Å².